The fourth-order valence-corrected chi connectivity index (χ4v) is 8.44. The van der Waals surface area contributed by atoms with Gasteiger partial charge in [-0.15, -0.1) is 0 Å². The van der Waals surface area contributed by atoms with E-state index in [4.69, 9.17) is 4.74 Å². The molecule has 0 spiro atoms. The van der Waals surface area contributed by atoms with Gasteiger partial charge in [0.1, 0.15) is 12.1 Å². The molecular formula is C34H57N5O8S. The molecule has 4 N–H and O–H groups in total. The number of ketones is 1. The van der Waals surface area contributed by atoms with Gasteiger partial charge in [0.2, 0.25) is 17.6 Å². The molecule has 4 rings (SSSR count). The number of sulfone groups is 1. The van der Waals surface area contributed by atoms with Crippen LogP contribution in [-0.2, 0) is 33.8 Å². The van der Waals surface area contributed by atoms with Crippen molar-refractivity contribution < 1.29 is 37.1 Å². The normalized spacial score (nSPS) is 28.1. The summed E-state index contributed by atoms with van der Waals surface area (Å²) < 4.78 is 31.7. The van der Waals surface area contributed by atoms with Crippen molar-refractivity contribution in [3.05, 3.63) is 0 Å². The molecule has 14 heteroatoms. The van der Waals surface area contributed by atoms with Crippen LogP contribution >= 0.6 is 0 Å². The van der Waals surface area contributed by atoms with E-state index in [9.17, 15) is 32.4 Å². The van der Waals surface area contributed by atoms with Gasteiger partial charge in [-0.1, -0.05) is 44.9 Å². The number of amides is 5. The molecule has 4 aliphatic rings. The zero-order valence-corrected chi connectivity index (χ0v) is 30.1. The van der Waals surface area contributed by atoms with Gasteiger partial charge in [0.25, 0.3) is 5.91 Å². The van der Waals surface area contributed by atoms with Gasteiger partial charge >= 0.3 is 6.03 Å². The van der Waals surface area contributed by atoms with E-state index in [1.165, 1.54) is 4.90 Å². The molecule has 0 aromatic carbocycles. The van der Waals surface area contributed by atoms with Crippen molar-refractivity contribution in [2.24, 2.45) is 0 Å². The third-order valence-corrected chi connectivity index (χ3v) is 13.0. The van der Waals surface area contributed by atoms with E-state index in [0.717, 1.165) is 57.8 Å². The molecule has 5 amide bonds. The third-order valence-electron chi connectivity index (χ3n) is 10.2. The number of carbonyl (C=O) groups excluding carboxylic acids is 5. The molecule has 2 saturated heterocycles. The Bertz CT molecular complexity index is 1290. The SMILES string of the molecule is C[C@@H]1OCCCCCCC[C@@H](C(=O)C(=O)NC2CC2)NC(=O)[C@@H]2CCCN2C(=O)[C@H]1NC(=O)NC1(CS(=O)(=O)C(C)(C)C)CCCCC1. The number of carbonyl (C=O) groups is 5. The zero-order valence-electron chi connectivity index (χ0n) is 29.2. The fourth-order valence-electron chi connectivity index (χ4n) is 6.92. The standard InChI is InChI=1S/C34H57N5O8S/c1-23-27(37-32(44)38-34(18-10-8-11-19-34)22-48(45,46)33(2,3)4)31(43)39-20-13-15-26(39)29(41)36-25(14-9-6-5-7-12-21-47-23)28(40)30(42)35-24-16-17-24/h23-27H,5-22H2,1-4H3,(H,35,42)(H,36,41)(H2,37,38,44)/t23-,25-,26-,27-/m0/s1. The lowest BCUT2D eigenvalue weighted by atomic mass is 9.83. The minimum atomic E-state index is -3.57. The van der Waals surface area contributed by atoms with Crippen molar-refractivity contribution in [2.75, 3.05) is 18.9 Å². The quantitative estimate of drug-likeness (QED) is 0.294. The van der Waals surface area contributed by atoms with Gasteiger partial charge in [-0.3, -0.25) is 19.2 Å². The fraction of sp³-hybridized carbons (Fsp3) is 0.853. The van der Waals surface area contributed by atoms with Crippen LogP contribution in [0.2, 0.25) is 0 Å². The average Bonchev–Trinajstić information content (AvgIpc) is 3.69. The maximum Gasteiger partial charge on any atom is 0.315 e. The minimum Gasteiger partial charge on any atom is -0.376 e. The van der Waals surface area contributed by atoms with E-state index in [-0.39, 0.29) is 18.3 Å². The summed E-state index contributed by atoms with van der Waals surface area (Å²) in [4.78, 5) is 68.7. The Morgan fingerprint density at radius 3 is 2.21 bits per heavy atom. The van der Waals surface area contributed by atoms with E-state index in [2.05, 4.69) is 21.3 Å². The van der Waals surface area contributed by atoms with E-state index in [1.54, 1.807) is 27.7 Å². The Labute approximate surface area is 285 Å². The first-order valence-electron chi connectivity index (χ1n) is 18.0. The number of Topliss-reactive ketones (excluding diaryl/α,β-unsaturated/α-hetero) is 1. The van der Waals surface area contributed by atoms with Crippen molar-refractivity contribution >= 4 is 39.4 Å². The Hall–Kier alpha value is -2.74. The molecule has 0 aromatic rings. The van der Waals surface area contributed by atoms with Gasteiger partial charge in [0.05, 0.1) is 28.2 Å². The Morgan fingerprint density at radius 1 is 0.896 bits per heavy atom. The third kappa shape index (κ3) is 10.1. The molecule has 2 aliphatic carbocycles. The van der Waals surface area contributed by atoms with Crippen LogP contribution in [0.4, 0.5) is 4.79 Å². The molecule has 0 unspecified atom stereocenters. The van der Waals surface area contributed by atoms with Crippen LogP contribution in [0.15, 0.2) is 0 Å². The van der Waals surface area contributed by atoms with Gasteiger partial charge in [-0.25, -0.2) is 13.2 Å². The molecule has 0 radical (unpaired) electrons. The molecule has 4 fully saturated rings. The van der Waals surface area contributed by atoms with Crippen LogP contribution < -0.4 is 21.3 Å². The maximum absolute atomic E-state index is 14.2. The predicted octanol–water partition coefficient (Wildman–Crippen LogP) is 2.65. The second-order valence-corrected chi connectivity index (χ2v) is 18.0. The van der Waals surface area contributed by atoms with E-state index in [0.29, 0.717) is 45.1 Å². The number of fused-ring (bicyclic) bond motifs is 1. The Kier molecular flexibility index (Phi) is 12.9. The van der Waals surface area contributed by atoms with Gasteiger partial charge in [0, 0.05) is 19.2 Å². The lowest BCUT2D eigenvalue weighted by molar-refractivity contribution is -0.144. The summed E-state index contributed by atoms with van der Waals surface area (Å²) in [6, 6.07) is -3.66. The number of nitrogens with zero attached hydrogens (tertiary/aromatic N) is 1. The van der Waals surface area contributed by atoms with Crippen LogP contribution in [0.25, 0.3) is 0 Å². The zero-order chi connectivity index (χ0) is 35.1. The minimum absolute atomic E-state index is 0.00742. The van der Waals surface area contributed by atoms with Gasteiger partial charge in [-0.05, 0) is 79.1 Å². The van der Waals surface area contributed by atoms with E-state index < -0.39 is 73.9 Å². The number of nitrogens with one attached hydrogen (secondary N) is 4. The van der Waals surface area contributed by atoms with Crippen LogP contribution in [0.3, 0.4) is 0 Å². The summed E-state index contributed by atoms with van der Waals surface area (Å²) in [5.41, 5.74) is -0.969. The molecule has 0 bridgehead atoms. The molecule has 2 aliphatic heterocycles. The predicted molar refractivity (Wildman–Crippen MR) is 181 cm³/mol. The first-order valence-corrected chi connectivity index (χ1v) is 19.7. The Morgan fingerprint density at radius 2 is 1.54 bits per heavy atom. The van der Waals surface area contributed by atoms with Crippen molar-refractivity contribution in [1.29, 1.82) is 0 Å². The molecular weight excluding hydrogens is 638 g/mol. The molecule has 48 heavy (non-hydrogen) atoms. The van der Waals surface area contributed by atoms with Crippen molar-refractivity contribution in [3.8, 4) is 0 Å². The highest BCUT2D eigenvalue weighted by atomic mass is 32.2. The highest BCUT2D eigenvalue weighted by molar-refractivity contribution is 7.92. The number of ether oxygens (including phenoxy) is 1. The van der Waals surface area contributed by atoms with Crippen molar-refractivity contribution in [2.45, 2.75) is 165 Å². The van der Waals surface area contributed by atoms with Crippen LogP contribution in [0.1, 0.15) is 124 Å². The summed E-state index contributed by atoms with van der Waals surface area (Å²) in [6.45, 7) is 7.31. The maximum atomic E-state index is 14.2. The van der Waals surface area contributed by atoms with Crippen LogP contribution in [0, 0.1) is 0 Å². The first kappa shape index (κ1) is 38.1. The van der Waals surface area contributed by atoms with Crippen molar-refractivity contribution in [1.82, 2.24) is 26.2 Å². The first-order chi connectivity index (χ1) is 22.6. The number of rotatable bonds is 7. The number of hydrogen-bond donors (Lipinski definition) is 4. The molecule has 4 atom stereocenters. The monoisotopic (exact) mass is 695 g/mol. The van der Waals surface area contributed by atoms with E-state index >= 15 is 0 Å². The summed E-state index contributed by atoms with van der Waals surface area (Å²) in [6.07, 6.45) is 9.65. The van der Waals surface area contributed by atoms with Gasteiger partial charge in [-0.2, -0.15) is 0 Å². The smallest absolute Gasteiger partial charge is 0.315 e. The number of hydrogen-bond acceptors (Lipinski definition) is 8. The highest BCUT2D eigenvalue weighted by Crippen LogP contribution is 2.32. The number of urea groups is 1. The molecule has 0 aromatic heterocycles. The second-order valence-electron chi connectivity index (χ2n) is 15.3. The van der Waals surface area contributed by atoms with Crippen molar-refractivity contribution in [3.63, 3.8) is 0 Å². The summed E-state index contributed by atoms with van der Waals surface area (Å²) in [5.74, 6) is -2.55. The van der Waals surface area contributed by atoms with Gasteiger partial charge in [0.15, 0.2) is 9.84 Å². The largest absolute Gasteiger partial charge is 0.376 e. The topological polar surface area (TPSA) is 180 Å². The molecule has 13 nitrogen and oxygen atoms in total. The average molecular weight is 696 g/mol. The summed E-state index contributed by atoms with van der Waals surface area (Å²) >= 11 is 0. The second kappa shape index (κ2) is 16.3. The molecule has 2 saturated carbocycles. The highest BCUT2D eigenvalue weighted by Gasteiger charge is 2.45. The molecule has 272 valence electrons. The summed E-state index contributed by atoms with van der Waals surface area (Å²) in [5, 5.41) is 11.3. The van der Waals surface area contributed by atoms with E-state index in [1.807, 2.05) is 0 Å². The summed E-state index contributed by atoms with van der Waals surface area (Å²) in [7, 11) is -3.57. The van der Waals surface area contributed by atoms with Crippen LogP contribution in [0.5, 0.6) is 0 Å². The lowest BCUT2D eigenvalue weighted by Crippen LogP contribution is -2.63. The molecule has 2 heterocycles. The Balaban J connectivity index is 1.53. The lowest BCUT2D eigenvalue weighted by Gasteiger charge is -2.40. The van der Waals surface area contributed by atoms with Crippen LogP contribution in [-0.4, -0.2) is 102 Å². The van der Waals surface area contributed by atoms with Gasteiger partial charge < -0.3 is 30.9 Å².